The number of hydrogen-bond donors (Lipinski definition) is 1. The average Bonchev–Trinajstić information content (AvgIpc) is 2.81. The molecule has 0 bridgehead atoms. The third kappa shape index (κ3) is 3.39. The molecule has 2 aromatic rings. The second kappa shape index (κ2) is 6.43. The fourth-order valence-electron chi connectivity index (χ4n) is 1.65. The van der Waals surface area contributed by atoms with Gasteiger partial charge in [0.2, 0.25) is 0 Å². The summed E-state index contributed by atoms with van der Waals surface area (Å²) in [5.41, 5.74) is 7.66. The summed E-state index contributed by atoms with van der Waals surface area (Å²) in [5.74, 6) is 0.678. The monoisotopic (exact) mass is 301 g/mol. The maximum Gasteiger partial charge on any atom is 0.141 e. The molecule has 5 heteroatoms. The molecule has 1 aromatic carbocycles. The largest absolute Gasteiger partial charge is 0.487 e. The summed E-state index contributed by atoms with van der Waals surface area (Å²) in [5, 5.41) is 5.20. The van der Waals surface area contributed by atoms with Gasteiger partial charge in [0.05, 0.1) is 5.02 Å². The van der Waals surface area contributed by atoms with Gasteiger partial charge in [-0.15, -0.1) is 0 Å². The molecule has 0 spiro atoms. The molecular formula is C13H13Cl2NOS. The number of nitrogens with two attached hydrogens (primary N) is 1. The Morgan fingerprint density at radius 1 is 1.28 bits per heavy atom. The van der Waals surface area contributed by atoms with E-state index in [9.17, 15) is 0 Å². The molecule has 1 aromatic heterocycles. The maximum atomic E-state index is 6.16. The first-order valence-electron chi connectivity index (χ1n) is 5.52. The van der Waals surface area contributed by atoms with Crippen LogP contribution in [0.5, 0.6) is 5.75 Å². The van der Waals surface area contributed by atoms with Gasteiger partial charge in [0, 0.05) is 5.02 Å². The van der Waals surface area contributed by atoms with Crippen LogP contribution in [0, 0.1) is 0 Å². The molecule has 2 N–H and O–H groups in total. The lowest BCUT2D eigenvalue weighted by Gasteiger charge is -2.13. The van der Waals surface area contributed by atoms with E-state index in [1.165, 1.54) is 0 Å². The normalized spacial score (nSPS) is 10.6. The van der Waals surface area contributed by atoms with E-state index in [1.807, 2.05) is 22.9 Å². The van der Waals surface area contributed by atoms with Crippen molar-refractivity contribution in [3.63, 3.8) is 0 Å². The Balaban J connectivity index is 2.19. The van der Waals surface area contributed by atoms with Gasteiger partial charge in [-0.05, 0) is 53.1 Å². The summed E-state index contributed by atoms with van der Waals surface area (Å²) >= 11 is 13.8. The molecule has 96 valence electrons. The molecule has 0 aliphatic carbocycles. The minimum atomic E-state index is 0.502. The summed E-state index contributed by atoms with van der Waals surface area (Å²) in [6.07, 6.45) is 0.694. The van der Waals surface area contributed by atoms with Crippen LogP contribution in [0.15, 0.2) is 29.0 Å². The molecule has 0 amide bonds. The topological polar surface area (TPSA) is 35.2 Å². The Hall–Kier alpha value is -0.740. The van der Waals surface area contributed by atoms with E-state index in [1.54, 1.807) is 17.4 Å². The van der Waals surface area contributed by atoms with Crippen molar-refractivity contribution in [2.75, 3.05) is 6.54 Å². The van der Waals surface area contributed by atoms with Gasteiger partial charge in [-0.25, -0.2) is 0 Å². The van der Waals surface area contributed by atoms with Crippen LogP contribution in [-0.2, 0) is 13.0 Å². The number of hydrogen-bond acceptors (Lipinski definition) is 3. The van der Waals surface area contributed by atoms with Gasteiger partial charge in [-0.1, -0.05) is 23.2 Å². The Bertz CT molecular complexity index is 514. The van der Waals surface area contributed by atoms with E-state index in [2.05, 4.69) is 0 Å². The van der Waals surface area contributed by atoms with Crippen LogP contribution in [0.2, 0.25) is 10.0 Å². The zero-order chi connectivity index (χ0) is 13.0. The summed E-state index contributed by atoms with van der Waals surface area (Å²) in [6, 6.07) is 5.56. The molecule has 2 rings (SSSR count). The average molecular weight is 302 g/mol. The zero-order valence-electron chi connectivity index (χ0n) is 9.66. The summed E-state index contributed by atoms with van der Waals surface area (Å²) in [6.45, 7) is 1.04. The molecule has 0 aliphatic rings. The van der Waals surface area contributed by atoms with Crippen LogP contribution >= 0.6 is 34.5 Å². The fraction of sp³-hybridized carbons (Fsp3) is 0.231. The Morgan fingerprint density at radius 3 is 2.78 bits per heavy atom. The van der Waals surface area contributed by atoms with Crippen LogP contribution in [0.4, 0.5) is 0 Å². The van der Waals surface area contributed by atoms with Crippen LogP contribution in [0.25, 0.3) is 0 Å². The molecule has 2 nitrogen and oxygen atoms in total. The van der Waals surface area contributed by atoms with E-state index in [-0.39, 0.29) is 0 Å². The highest BCUT2D eigenvalue weighted by Gasteiger charge is 2.10. The molecule has 1 heterocycles. The molecule has 0 fully saturated rings. The minimum absolute atomic E-state index is 0.502. The number of rotatable bonds is 5. The lowest BCUT2D eigenvalue weighted by Crippen LogP contribution is -2.06. The van der Waals surface area contributed by atoms with Gasteiger partial charge in [0.15, 0.2) is 0 Å². The molecule has 0 radical (unpaired) electrons. The van der Waals surface area contributed by atoms with Crippen molar-refractivity contribution in [1.29, 1.82) is 0 Å². The highest BCUT2D eigenvalue weighted by Crippen LogP contribution is 2.33. The first-order chi connectivity index (χ1) is 8.70. The van der Waals surface area contributed by atoms with E-state index in [4.69, 9.17) is 33.7 Å². The predicted molar refractivity (Wildman–Crippen MR) is 77.9 cm³/mol. The second-order valence-corrected chi connectivity index (χ2v) is 5.46. The van der Waals surface area contributed by atoms with E-state index >= 15 is 0 Å². The van der Waals surface area contributed by atoms with Crippen LogP contribution in [0.1, 0.15) is 11.1 Å². The summed E-state index contributed by atoms with van der Waals surface area (Å²) in [7, 11) is 0. The molecular weight excluding hydrogens is 289 g/mol. The Morgan fingerprint density at radius 2 is 2.11 bits per heavy atom. The molecule has 0 atom stereocenters. The third-order valence-electron chi connectivity index (χ3n) is 2.46. The van der Waals surface area contributed by atoms with Gasteiger partial charge in [-0.3, -0.25) is 0 Å². The highest BCUT2D eigenvalue weighted by molar-refractivity contribution is 7.07. The molecule has 0 aliphatic heterocycles. The summed E-state index contributed by atoms with van der Waals surface area (Å²) < 4.78 is 5.78. The number of thiophene rings is 1. The fourth-order valence-corrected chi connectivity index (χ4v) is 2.89. The molecule has 0 saturated heterocycles. The van der Waals surface area contributed by atoms with Crippen LogP contribution < -0.4 is 10.5 Å². The number of benzene rings is 1. The predicted octanol–water partition coefficient (Wildman–Crippen LogP) is 4.14. The third-order valence-corrected chi connectivity index (χ3v) is 3.69. The van der Waals surface area contributed by atoms with Gasteiger partial charge in [-0.2, -0.15) is 11.3 Å². The standard InChI is InChI=1S/C13H13Cl2NOS/c14-11-5-10(1-3-16)13(12(15)6-11)17-7-9-2-4-18-8-9/h2,4-6,8H,1,3,7,16H2. The van der Waals surface area contributed by atoms with Crippen molar-refractivity contribution in [1.82, 2.24) is 0 Å². The van der Waals surface area contributed by atoms with Gasteiger partial charge in [0.1, 0.15) is 12.4 Å². The summed E-state index contributed by atoms with van der Waals surface area (Å²) in [4.78, 5) is 0. The quantitative estimate of drug-likeness (QED) is 0.901. The van der Waals surface area contributed by atoms with Crippen LogP contribution in [-0.4, -0.2) is 6.54 Å². The van der Waals surface area contributed by atoms with E-state index in [0.717, 1.165) is 11.1 Å². The maximum absolute atomic E-state index is 6.16. The number of ether oxygens (including phenoxy) is 1. The van der Waals surface area contributed by atoms with Crippen molar-refractivity contribution in [2.45, 2.75) is 13.0 Å². The SMILES string of the molecule is NCCc1cc(Cl)cc(Cl)c1OCc1ccsc1. The van der Waals surface area contributed by atoms with E-state index < -0.39 is 0 Å². The van der Waals surface area contributed by atoms with Gasteiger partial charge < -0.3 is 10.5 Å². The Labute approximate surface area is 120 Å². The number of halogens is 2. The smallest absolute Gasteiger partial charge is 0.141 e. The Kier molecular flexibility index (Phi) is 4.89. The molecule has 18 heavy (non-hydrogen) atoms. The lowest BCUT2D eigenvalue weighted by molar-refractivity contribution is 0.303. The highest BCUT2D eigenvalue weighted by atomic mass is 35.5. The first-order valence-corrected chi connectivity index (χ1v) is 7.22. The lowest BCUT2D eigenvalue weighted by atomic mass is 10.1. The van der Waals surface area contributed by atoms with Crippen LogP contribution in [0.3, 0.4) is 0 Å². The second-order valence-electron chi connectivity index (χ2n) is 3.83. The van der Waals surface area contributed by atoms with Crippen molar-refractivity contribution in [3.05, 3.63) is 50.1 Å². The van der Waals surface area contributed by atoms with Gasteiger partial charge in [0.25, 0.3) is 0 Å². The minimum Gasteiger partial charge on any atom is -0.487 e. The van der Waals surface area contributed by atoms with Crippen molar-refractivity contribution < 1.29 is 4.74 Å². The van der Waals surface area contributed by atoms with E-state index in [0.29, 0.717) is 35.4 Å². The van der Waals surface area contributed by atoms with Crippen molar-refractivity contribution in [3.8, 4) is 5.75 Å². The van der Waals surface area contributed by atoms with Gasteiger partial charge >= 0.3 is 0 Å². The first kappa shape index (κ1) is 13.7. The zero-order valence-corrected chi connectivity index (χ0v) is 12.0. The van der Waals surface area contributed by atoms with Crippen molar-refractivity contribution >= 4 is 34.5 Å². The molecule has 0 unspecified atom stereocenters. The molecule has 0 saturated carbocycles. The van der Waals surface area contributed by atoms with Crippen molar-refractivity contribution in [2.24, 2.45) is 5.73 Å².